The molecule has 0 aliphatic rings. The summed E-state index contributed by atoms with van der Waals surface area (Å²) in [5.41, 5.74) is 0.639. The SMILES string of the molecule is O=C(/C=C/c1cccc(F)c1)c1ccco1. The van der Waals surface area contributed by atoms with Crippen LogP contribution in [-0.4, -0.2) is 5.78 Å². The number of carbonyl (C=O) groups is 1. The Morgan fingerprint density at radius 3 is 2.81 bits per heavy atom. The molecule has 0 atom stereocenters. The van der Waals surface area contributed by atoms with Crippen LogP contribution in [0.2, 0.25) is 0 Å². The Kier molecular flexibility index (Phi) is 2.96. The Balaban J connectivity index is 2.13. The standard InChI is InChI=1S/C13H9FO2/c14-11-4-1-3-10(9-11)6-7-12(15)13-5-2-8-16-13/h1-9H/b7-6+. The van der Waals surface area contributed by atoms with Gasteiger partial charge in [-0.2, -0.15) is 0 Å². The second kappa shape index (κ2) is 4.57. The monoisotopic (exact) mass is 216 g/mol. The molecule has 1 aromatic heterocycles. The Morgan fingerprint density at radius 2 is 2.12 bits per heavy atom. The van der Waals surface area contributed by atoms with Gasteiger partial charge >= 0.3 is 0 Å². The second-order valence-corrected chi connectivity index (χ2v) is 3.23. The minimum atomic E-state index is -0.326. The predicted molar refractivity (Wildman–Crippen MR) is 58.5 cm³/mol. The molecule has 16 heavy (non-hydrogen) atoms. The second-order valence-electron chi connectivity index (χ2n) is 3.23. The lowest BCUT2D eigenvalue weighted by Crippen LogP contribution is -1.90. The molecule has 1 heterocycles. The van der Waals surface area contributed by atoms with Gasteiger partial charge in [-0.15, -0.1) is 0 Å². The van der Waals surface area contributed by atoms with Crippen LogP contribution in [0.1, 0.15) is 16.1 Å². The number of rotatable bonds is 3. The molecule has 2 rings (SSSR count). The van der Waals surface area contributed by atoms with Gasteiger partial charge in [0.15, 0.2) is 5.76 Å². The van der Waals surface area contributed by atoms with Gasteiger partial charge in [-0.25, -0.2) is 4.39 Å². The summed E-state index contributed by atoms with van der Waals surface area (Å²) in [5, 5.41) is 0. The van der Waals surface area contributed by atoms with Gasteiger partial charge in [-0.3, -0.25) is 4.79 Å². The van der Waals surface area contributed by atoms with Crippen LogP contribution < -0.4 is 0 Å². The molecule has 0 unspecified atom stereocenters. The maximum atomic E-state index is 12.8. The average Bonchev–Trinajstić information content (AvgIpc) is 2.79. The number of halogens is 1. The van der Waals surface area contributed by atoms with Crippen LogP contribution in [0.3, 0.4) is 0 Å². The molecule has 0 amide bonds. The molecule has 0 saturated heterocycles. The topological polar surface area (TPSA) is 30.2 Å². The van der Waals surface area contributed by atoms with Crippen molar-refractivity contribution in [2.75, 3.05) is 0 Å². The van der Waals surface area contributed by atoms with Crippen molar-refractivity contribution in [2.45, 2.75) is 0 Å². The third-order valence-corrected chi connectivity index (χ3v) is 2.04. The summed E-state index contributed by atoms with van der Waals surface area (Å²) in [5.74, 6) is -0.297. The van der Waals surface area contributed by atoms with Crippen LogP contribution in [0.4, 0.5) is 4.39 Å². The van der Waals surface area contributed by atoms with Gasteiger partial charge in [0.2, 0.25) is 5.78 Å². The van der Waals surface area contributed by atoms with E-state index in [-0.39, 0.29) is 17.4 Å². The van der Waals surface area contributed by atoms with Crippen molar-refractivity contribution in [3.63, 3.8) is 0 Å². The molecule has 0 fully saturated rings. The Bertz CT molecular complexity index is 512. The Labute approximate surface area is 92.0 Å². The maximum absolute atomic E-state index is 12.8. The molecular weight excluding hydrogens is 207 g/mol. The summed E-state index contributed by atoms with van der Waals surface area (Å²) < 4.78 is 17.8. The summed E-state index contributed by atoms with van der Waals surface area (Å²) in [7, 11) is 0. The zero-order valence-corrected chi connectivity index (χ0v) is 8.39. The lowest BCUT2D eigenvalue weighted by atomic mass is 10.2. The van der Waals surface area contributed by atoms with Gasteiger partial charge in [-0.05, 0) is 35.9 Å². The lowest BCUT2D eigenvalue weighted by Gasteiger charge is -1.92. The van der Waals surface area contributed by atoms with Crippen LogP contribution in [0.15, 0.2) is 53.2 Å². The van der Waals surface area contributed by atoms with E-state index in [0.717, 1.165) is 0 Å². The first-order chi connectivity index (χ1) is 7.75. The van der Waals surface area contributed by atoms with Gasteiger partial charge < -0.3 is 4.42 Å². The fourth-order valence-corrected chi connectivity index (χ4v) is 1.28. The predicted octanol–water partition coefficient (Wildman–Crippen LogP) is 3.31. The zero-order valence-electron chi connectivity index (χ0n) is 8.39. The highest BCUT2D eigenvalue weighted by Crippen LogP contribution is 2.07. The fraction of sp³-hybridized carbons (Fsp3) is 0. The lowest BCUT2D eigenvalue weighted by molar-refractivity contribution is 0.102. The highest BCUT2D eigenvalue weighted by atomic mass is 19.1. The van der Waals surface area contributed by atoms with E-state index in [1.807, 2.05) is 0 Å². The first-order valence-electron chi connectivity index (χ1n) is 4.77. The van der Waals surface area contributed by atoms with Crippen LogP contribution in [0.5, 0.6) is 0 Å². The van der Waals surface area contributed by atoms with E-state index >= 15 is 0 Å². The van der Waals surface area contributed by atoms with Crippen LogP contribution in [0.25, 0.3) is 6.08 Å². The smallest absolute Gasteiger partial charge is 0.221 e. The zero-order chi connectivity index (χ0) is 11.4. The van der Waals surface area contributed by atoms with Crippen molar-refractivity contribution in [3.8, 4) is 0 Å². The number of allylic oxidation sites excluding steroid dienone is 1. The fourth-order valence-electron chi connectivity index (χ4n) is 1.28. The number of hydrogen-bond donors (Lipinski definition) is 0. The maximum Gasteiger partial charge on any atom is 0.221 e. The van der Waals surface area contributed by atoms with Crippen molar-refractivity contribution in [3.05, 3.63) is 65.9 Å². The van der Waals surface area contributed by atoms with Crippen molar-refractivity contribution < 1.29 is 13.6 Å². The summed E-state index contributed by atoms with van der Waals surface area (Å²) in [4.78, 5) is 11.5. The number of ketones is 1. The van der Waals surface area contributed by atoms with Gasteiger partial charge in [-0.1, -0.05) is 18.2 Å². The van der Waals surface area contributed by atoms with Gasteiger partial charge in [0, 0.05) is 0 Å². The summed E-state index contributed by atoms with van der Waals surface area (Å²) in [6.07, 6.45) is 4.34. The Morgan fingerprint density at radius 1 is 1.25 bits per heavy atom. The highest BCUT2D eigenvalue weighted by Gasteiger charge is 2.03. The quantitative estimate of drug-likeness (QED) is 0.582. The van der Waals surface area contributed by atoms with E-state index in [0.29, 0.717) is 5.56 Å². The van der Waals surface area contributed by atoms with E-state index in [9.17, 15) is 9.18 Å². The molecule has 3 heteroatoms. The van der Waals surface area contributed by atoms with Crippen molar-refractivity contribution in [2.24, 2.45) is 0 Å². The molecule has 0 saturated carbocycles. The number of carbonyl (C=O) groups excluding carboxylic acids is 1. The molecule has 0 N–H and O–H groups in total. The first kappa shape index (κ1) is 10.4. The molecule has 0 spiro atoms. The normalized spacial score (nSPS) is 10.8. The number of furan rings is 1. The van der Waals surface area contributed by atoms with Crippen LogP contribution in [0, 0.1) is 5.82 Å². The molecule has 0 aliphatic carbocycles. The third-order valence-electron chi connectivity index (χ3n) is 2.04. The van der Waals surface area contributed by atoms with Crippen molar-refractivity contribution in [1.82, 2.24) is 0 Å². The molecule has 0 aliphatic heterocycles. The summed E-state index contributed by atoms with van der Waals surface area (Å²) in [6, 6.07) is 9.24. The van der Waals surface area contributed by atoms with E-state index in [1.165, 1.54) is 24.5 Å². The van der Waals surface area contributed by atoms with Crippen molar-refractivity contribution >= 4 is 11.9 Å². The first-order valence-corrected chi connectivity index (χ1v) is 4.77. The third kappa shape index (κ3) is 2.45. The molecule has 0 bridgehead atoms. The molecule has 80 valence electrons. The van der Waals surface area contributed by atoms with Gasteiger partial charge in [0.05, 0.1) is 6.26 Å². The minimum absolute atomic E-state index is 0.241. The van der Waals surface area contributed by atoms with E-state index in [2.05, 4.69) is 0 Å². The molecule has 2 aromatic rings. The van der Waals surface area contributed by atoms with Gasteiger partial charge in [0.25, 0.3) is 0 Å². The molecule has 2 nitrogen and oxygen atoms in total. The largest absolute Gasteiger partial charge is 0.461 e. The number of hydrogen-bond acceptors (Lipinski definition) is 2. The van der Waals surface area contributed by atoms with E-state index < -0.39 is 0 Å². The van der Waals surface area contributed by atoms with Crippen LogP contribution >= 0.6 is 0 Å². The average molecular weight is 216 g/mol. The molecule has 0 radical (unpaired) electrons. The van der Waals surface area contributed by atoms with Gasteiger partial charge in [0.1, 0.15) is 5.82 Å². The minimum Gasteiger partial charge on any atom is -0.461 e. The van der Waals surface area contributed by atoms with E-state index in [4.69, 9.17) is 4.42 Å². The highest BCUT2D eigenvalue weighted by molar-refractivity contribution is 6.04. The molecular formula is C13H9FO2. The molecule has 1 aromatic carbocycles. The van der Waals surface area contributed by atoms with Crippen LogP contribution in [-0.2, 0) is 0 Å². The van der Waals surface area contributed by atoms with Crippen molar-refractivity contribution in [1.29, 1.82) is 0 Å². The number of benzene rings is 1. The summed E-state index contributed by atoms with van der Waals surface area (Å²) >= 11 is 0. The summed E-state index contributed by atoms with van der Waals surface area (Å²) in [6.45, 7) is 0. The Hall–Kier alpha value is -2.16. The van der Waals surface area contributed by atoms with E-state index in [1.54, 1.807) is 30.3 Å².